The molecule has 0 amide bonds. The summed E-state index contributed by atoms with van der Waals surface area (Å²) in [6.07, 6.45) is 1.87. The summed E-state index contributed by atoms with van der Waals surface area (Å²) < 4.78 is 24.4. The molecule has 0 radical (unpaired) electrons. The molecular weight excluding hydrogens is 233 g/mol. The fourth-order valence-corrected chi connectivity index (χ4v) is 2.31. The summed E-state index contributed by atoms with van der Waals surface area (Å²) in [7, 11) is 0. The van der Waals surface area contributed by atoms with Gasteiger partial charge in [0.1, 0.15) is 23.7 Å². The lowest BCUT2D eigenvalue weighted by Crippen LogP contribution is -2.35. The summed E-state index contributed by atoms with van der Waals surface area (Å²) in [5.74, 6) is 0.0258. The van der Waals surface area contributed by atoms with E-state index in [1.165, 1.54) is 18.2 Å². The fourth-order valence-electron chi connectivity index (χ4n) is 2.31. The Bertz CT molecular complexity index is 459. The van der Waals surface area contributed by atoms with Crippen LogP contribution in [0.1, 0.15) is 32.3 Å². The van der Waals surface area contributed by atoms with Gasteiger partial charge in [-0.05, 0) is 32.0 Å². The third-order valence-corrected chi connectivity index (χ3v) is 3.01. The number of rotatable bonds is 2. The van der Waals surface area contributed by atoms with Crippen molar-refractivity contribution in [3.8, 4) is 11.8 Å². The fraction of sp³-hybridized carbons (Fsp3) is 0.500. The van der Waals surface area contributed by atoms with Crippen LogP contribution in [0.4, 0.5) is 4.39 Å². The molecule has 96 valence electrons. The molecule has 0 aliphatic carbocycles. The zero-order valence-electron chi connectivity index (χ0n) is 10.5. The smallest absolute Gasteiger partial charge is 0.137 e. The van der Waals surface area contributed by atoms with Crippen molar-refractivity contribution in [2.45, 2.75) is 45.0 Å². The van der Waals surface area contributed by atoms with Crippen molar-refractivity contribution in [1.82, 2.24) is 0 Å². The number of ether oxygens (including phenoxy) is 2. The van der Waals surface area contributed by atoms with Crippen molar-refractivity contribution >= 4 is 0 Å². The molecule has 2 unspecified atom stereocenters. The standard InChI is InChI=1S/C14H16FNO2/c1-9-5-13(6-10(2)17-9)18-14-4-3-12(15)7-11(14)8-16/h3-4,7,9-10,13H,5-6H2,1-2H3. The number of halogens is 1. The van der Waals surface area contributed by atoms with Crippen LogP contribution in [0, 0.1) is 17.1 Å². The SMILES string of the molecule is CC1CC(Oc2ccc(F)cc2C#N)CC(C)O1. The van der Waals surface area contributed by atoms with Crippen molar-refractivity contribution in [3.63, 3.8) is 0 Å². The molecule has 1 aliphatic heterocycles. The van der Waals surface area contributed by atoms with Gasteiger partial charge in [0.15, 0.2) is 0 Å². The highest BCUT2D eigenvalue weighted by molar-refractivity contribution is 5.43. The molecule has 1 aromatic carbocycles. The second kappa shape index (κ2) is 5.36. The lowest BCUT2D eigenvalue weighted by molar-refractivity contribution is -0.0722. The van der Waals surface area contributed by atoms with Crippen LogP contribution >= 0.6 is 0 Å². The number of hydrogen-bond donors (Lipinski definition) is 0. The first kappa shape index (κ1) is 12.8. The van der Waals surface area contributed by atoms with E-state index in [1.54, 1.807) is 0 Å². The van der Waals surface area contributed by atoms with Gasteiger partial charge < -0.3 is 9.47 Å². The van der Waals surface area contributed by atoms with E-state index in [0.29, 0.717) is 5.75 Å². The molecule has 2 rings (SSSR count). The van der Waals surface area contributed by atoms with Gasteiger partial charge in [0, 0.05) is 12.8 Å². The van der Waals surface area contributed by atoms with Crippen molar-refractivity contribution < 1.29 is 13.9 Å². The molecule has 0 aromatic heterocycles. The van der Waals surface area contributed by atoms with Gasteiger partial charge in [0.2, 0.25) is 0 Å². The maximum atomic E-state index is 13.0. The zero-order valence-corrected chi connectivity index (χ0v) is 10.5. The van der Waals surface area contributed by atoms with Gasteiger partial charge >= 0.3 is 0 Å². The molecule has 0 bridgehead atoms. The summed E-state index contributed by atoms with van der Waals surface area (Å²) in [6, 6.07) is 5.97. The largest absolute Gasteiger partial charge is 0.489 e. The Kier molecular flexibility index (Phi) is 3.83. The van der Waals surface area contributed by atoms with Gasteiger partial charge in [-0.15, -0.1) is 0 Å². The van der Waals surface area contributed by atoms with E-state index < -0.39 is 5.82 Å². The summed E-state index contributed by atoms with van der Waals surface area (Å²) >= 11 is 0. The number of nitriles is 1. The normalized spacial score (nSPS) is 27.6. The zero-order chi connectivity index (χ0) is 13.1. The van der Waals surface area contributed by atoms with Crippen LogP contribution in [-0.2, 0) is 4.74 Å². The van der Waals surface area contributed by atoms with Crippen LogP contribution in [-0.4, -0.2) is 18.3 Å². The van der Waals surface area contributed by atoms with E-state index >= 15 is 0 Å². The van der Waals surface area contributed by atoms with Crippen molar-refractivity contribution in [1.29, 1.82) is 5.26 Å². The van der Waals surface area contributed by atoms with Crippen molar-refractivity contribution in [3.05, 3.63) is 29.6 Å². The van der Waals surface area contributed by atoms with Gasteiger partial charge in [0.05, 0.1) is 17.8 Å². The minimum atomic E-state index is -0.424. The predicted octanol–water partition coefficient (Wildman–Crippen LogP) is 3.03. The summed E-state index contributed by atoms with van der Waals surface area (Å²) in [4.78, 5) is 0. The first-order chi connectivity index (χ1) is 8.58. The third kappa shape index (κ3) is 2.99. The highest BCUT2D eigenvalue weighted by Crippen LogP contribution is 2.26. The van der Waals surface area contributed by atoms with Crippen LogP contribution in [0.2, 0.25) is 0 Å². The average molecular weight is 249 g/mol. The second-order valence-corrected chi connectivity index (χ2v) is 4.72. The Balaban J connectivity index is 2.12. The number of nitrogens with zero attached hydrogens (tertiary/aromatic N) is 1. The molecule has 0 N–H and O–H groups in total. The highest BCUT2D eigenvalue weighted by atomic mass is 19.1. The molecule has 1 aromatic rings. The molecule has 0 saturated carbocycles. The van der Waals surface area contributed by atoms with Gasteiger partial charge in [-0.1, -0.05) is 0 Å². The van der Waals surface area contributed by atoms with E-state index in [1.807, 2.05) is 19.9 Å². The Morgan fingerprint density at radius 2 is 2.00 bits per heavy atom. The summed E-state index contributed by atoms with van der Waals surface area (Å²) in [6.45, 7) is 4.00. The van der Waals surface area contributed by atoms with Crippen LogP contribution in [0.5, 0.6) is 5.75 Å². The molecule has 4 heteroatoms. The molecule has 18 heavy (non-hydrogen) atoms. The van der Waals surface area contributed by atoms with Gasteiger partial charge in [0.25, 0.3) is 0 Å². The maximum Gasteiger partial charge on any atom is 0.137 e. The van der Waals surface area contributed by atoms with Gasteiger partial charge in [-0.25, -0.2) is 4.39 Å². The maximum absolute atomic E-state index is 13.0. The first-order valence-electron chi connectivity index (χ1n) is 6.10. The molecule has 1 fully saturated rings. The molecule has 0 spiro atoms. The van der Waals surface area contributed by atoms with E-state index in [0.717, 1.165) is 12.8 Å². The Morgan fingerprint density at radius 1 is 1.33 bits per heavy atom. The monoisotopic (exact) mass is 249 g/mol. The quantitative estimate of drug-likeness (QED) is 0.809. The van der Waals surface area contributed by atoms with Crippen molar-refractivity contribution in [2.75, 3.05) is 0 Å². The molecule has 1 saturated heterocycles. The molecular formula is C14H16FNO2. The lowest BCUT2D eigenvalue weighted by Gasteiger charge is -2.32. The third-order valence-electron chi connectivity index (χ3n) is 3.01. The Morgan fingerprint density at radius 3 is 2.61 bits per heavy atom. The van der Waals surface area contributed by atoms with E-state index in [4.69, 9.17) is 14.7 Å². The van der Waals surface area contributed by atoms with Crippen LogP contribution in [0.3, 0.4) is 0 Å². The van der Waals surface area contributed by atoms with Crippen LogP contribution < -0.4 is 4.74 Å². The van der Waals surface area contributed by atoms with E-state index in [-0.39, 0.29) is 23.9 Å². The minimum Gasteiger partial charge on any atom is -0.489 e. The predicted molar refractivity (Wildman–Crippen MR) is 64.8 cm³/mol. The number of hydrogen-bond acceptors (Lipinski definition) is 3. The molecule has 1 aliphatic rings. The first-order valence-corrected chi connectivity index (χ1v) is 6.10. The topological polar surface area (TPSA) is 42.2 Å². The number of benzene rings is 1. The van der Waals surface area contributed by atoms with Gasteiger partial charge in [-0.3, -0.25) is 0 Å². The average Bonchev–Trinajstić information content (AvgIpc) is 2.30. The van der Waals surface area contributed by atoms with Crippen LogP contribution in [0.25, 0.3) is 0 Å². The molecule has 1 heterocycles. The second-order valence-electron chi connectivity index (χ2n) is 4.72. The van der Waals surface area contributed by atoms with E-state index in [2.05, 4.69) is 0 Å². The minimum absolute atomic E-state index is 0.0151. The highest BCUT2D eigenvalue weighted by Gasteiger charge is 2.26. The molecule has 2 atom stereocenters. The Labute approximate surface area is 106 Å². The van der Waals surface area contributed by atoms with E-state index in [9.17, 15) is 4.39 Å². The molecule has 3 nitrogen and oxygen atoms in total. The van der Waals surface area contributed by atoms with Crippen LogP contribution in [0.15, 0.2) is 18.2 Å². The van der Waals surface area contributed by atoms with Crippen molar-refractivity contribution in [2.24, 2.45) is 0 Å². The lowest BCUT2D eigenvalue weighted by atomic mass is 10.0. The summed E-state index contributed by atoms with van der Waals surface area (Å²) in [5, 5.41) is 8.95. The van der Waals surface area contributed by atoms with Gasteiger partial charge in [-0.2, -0.15) is 5.26 Å². The summed E-state index contributed by atoms with van der Waals surface area (Å²) in [5.41, 5.74) is 0.238. The Hall–Kier alpha value is -1.60.